The van der Waals surface area contributed by atoms with Gasteiger partial charge >= 0.3 is 0 Å². The van der Waals surface area contributed by atoms with Gasteiger partial charge in [0.15, 0.2) is 0 Å². The van der Waals surface area contributed by atoms with Crippen molar-refractivity contribution in [2.24, 2.45) is 0 Å². The first-order valence-electron chi connectivity index (χ1n) is 5.28. The fourth-order valence-corrected chi connectivity index (χ4v) is 1.19. The molecule has 1 aromatic rings. The van der Waals surface area contributed by atoms with Crippen molar-refractivity contribution in [2.45, 2.75) is 13.8 Å². The predicted molar refractivity (Wildman–Crippen MR) is 62.9 cm³/mol. The van der Waals surface area contributed by atoms with E-state index in [-0.39, 0.29) is 18.3 Å². The van der Waals surface area contributed by atoms with Gasteiger partial charge in [-0.15, -0.1) is 0 Å². The molecule has 0 aliphatic carbocycles. The molecule has 88 valence electrons. The maximum atomic E-state index is 13.2. The maximum absolute atomic E-state index is 13.2. The van der Waals surface area contributed by atoms with Crippen LogP contribution in [0.25, 0.3) is 0 Å². The first-order chi connectivity index (χ1) is 7.54. The number of likely N-dealkylation sites (N-methyl/N-ethyl adjacent to an activating group) is 1. The number of halogens is 1. The molecule has 0 aliphatic rings. The summed E-state index contributed by atoms with van der Waals surface area (Å²) in [5.74, 6) is -0.273. The normalized spacial score (nSPS) is 10.0. The monoisotopic (exact) mass is 224 g/mol. The Balaban J connectivity index is 2.55. The van der Waals surface area contributed by atoms with E-state index in [0.29, 0.717) is 17.8 Å². The Labute approximate surface area is 95.3 Å². The molecule has 1 aromatic carbocycles. The lowest BCUT2D eigenvalue weighted by Crippen LogP contribution is -2.31. The predicted octanol–water partition coefficient (Wildman–Crippen LogP) is 2.02. The Morgan fingerprint density at radius 2 is 2.19 bits per heavy atom. The third kappa shape index (κ3) is 3.22. The molecular weight excluding hydrogens is 207 g/mol. The fourth-order valence-electron chi connectivity index (χ4n) is 1.19. The molecule has 0 spiro atoms. The highest BCUT2D eigenvalue weighted by atomic mass is 19.1. The number of nitrogens with one attached hydrogen (secondary N) is 1. The van der Waals surface area contributed by atoms with E-state index in [9.17, 15) is 9.18 Å². The molecule has 1 amide bonds. The second-order valence-electron chi connectivity index (χ2n) is 3.73. The minimum Gasteiger partial charge on any atom is -0.376 e. The van der Waals surface area contributed by atoms with Gasteiger partial charge in [-0.3, -0.25) is 4.79 Å². The summed E-state index contributed by atoms with van der Waals surface area (Å²) in [6.07, 6.45) is 0. The Kier molecular flexibility index (Phi) is 4.28. The van der Waals surface area contributed by atoms with Crippen LogP contribution in [0.4, 0.5) is 10.1 Å². The van der Waals surface area contributed by atoms with E-state index in [0.717, 1.165) is 0 Å². The number of hydrogen-bond donors (Lipinski definition) is 1. The number of hydrogen-bond acceptors (Lipinski definition) is 2. The Morgan fingerprint density at radius 1 is 1.50 bits per heavy atom. The summed E-state index contributed by atoms with van der Waals surface area (Å²) >= 11 is 0. The third-order valence-corrected chi connectivity index (χ3v) is 2.52. The fraction of sp³-hybridized carbons (Fsp3) is 0.417. The van der Waals surface area contributed by atoms with Crippen molar-refractivity contribution in [2.75, 3.05) is 25.5 Å². The summed E-state index contributed by atoms with van der Waals surface area (Å²) in [6, 6.07) is 4.85. The minimum absolute atomic E-state index is 0.0107. The van der Waals surface area contributed by atoms with Crippen LogP contribution in [0, 0.1) is 12.7 Å². The number of nitrogens with zero attached hydrogens (tertiary/aromatic N) is 1. The zero-order chi connectivity index (χ0) is 12.1. The van der Waals surface area contributed by atoms with Crippen molar-refractivity contribution < 1.29 is 9.18 Å². The molecule has 0 saturated carbocycles. The van der Waals surface area contributed by atoms with Crippen LogP contribution in [-0.4, -0.2) is 30.9 Å². The maximum Gasteiger partial charge on any atom is 0.241 e. The van der Waals surface area contributed by atoms with E-state index in [1.54, 1.807) is 31.0 Å². The second kappa shape index (κ2) is 5.49. The van der Waals surface area contributed by atoms with E-state index in [1.807, 2.05) is 6.92 Å². The highest BCUT2D eigenvalue weighted by molar-refractivity contribution is 5.80. The van der Waals surface area contributed by atoms with Crippen LogP contribution in [0.5, 0.6) is 0 Å². The van der Waals surface area contributed by atoms with Gasteiger partial charge in [0.05, 0.1) is 6.54 Å². The van der Waals surface area contributed by atoms with E-state index in [2.05, 4.69) is 5.32 Å². The summed E-state index contributed by atoms with van der Waals surface area (Å²) in [7, 11) is 1.74. The van der Waals surface area contributed by atoms with Gasteiger partial charge in [0.25, 0.3) is 0 Å². The summed E-state index contributed by atoms with van der Waals surface area (Å²) in [6.45, 7) is 4.47. The average Bonchev–Trinajstić information content (AvgIpc) is 2.29. The van der Waals surface area contributed by atoms with Crippen LogP contribution < -0.4 is 5.32 Å². The van der Waals surface area contributed by atoms with Gasteiger partial charge in [0, 0.05) is 19.3 Å². The number of carbonyl (C=O) groups is 1. The Hall–Kier alpha value is -1.58. The van der Waals surface area contributed by atoms with Crippen LogP contribution in [0.15, 0.2) is 18.2 Å². The Morgan fingerprint density at radius 3 is 2.75 bits per heavy atom. The zero-order valence-electron chi connectivity index (χ0n) is 9.88. The molecule has 0 heterocycles. The molecule has 0 aromatic heterocycles. The van der Waals surface area contributed by atoms with Gasteiger partial charge in [-0.25, -0.2) is 4.39 Å². The number of carbonyl (C=O) groups excluding carboxylic acids is 1. The van der Waals surface area contributed by atoms with Crippen molar-refractivity contribution in [3.8, 4) is 0 Å². The van der Waals surface area contributed by atoms with Gasteiger partial charge < -0.3 is 10.2 Å². The highest BCUT2D eigenvalue weighted by Crippen LogP contribution is 2.13. The molecule has 1 rings (SSSR count). The Bertz CT molecular complexity index is 379. The lowest BCUT2D eigenvalue weighted by molar-refractivity contribution is -0.127. The molecule has 0 unspecified atom stereocenters. The van der Waals surface area contributed by atoms with Crippen LogP contribution in [-0.2, 0) is 4.79 Å². The SMILES string of the molecule is CCN(C)C(=O)CNc1ccc(C)c(F)c1. The first kappa shape index (κ1) is 12.5. The van der Waals surface area contributed by atoms with Crippen LogP contribution in [0.2, 0.25) is 0 Å². The number of benzene rings is 1. The van der Waals surface area contributed by atoms with Crippen LogP contribution in [0.1, 0.15) is 12.5 Å². The van der Waals surface area contributed by atoms with Gasteiger partial charge in [-0.05, 0) is 31.5 Å². The van der Waals surface area contributed by atoms with Crippen LogP contribution in [0.3, 0.4) is 0 Å². The van der Waals surface area contributed by atoms with Crippen molar-refractivity contribution in [3.63, 3.8) is 0 Å². The lowest BCUT2D eigenvalue weighted by atomic mass is 10.2. The molecule has 0 saturated heterocycles. The first-order valence-corrected chi connectivity index (χ1v) is 5.28. The molecule has 0 fully saturated rings. The van der Waals surface area contributed by atoms with Crippen molar-refractivity contribution in [1.82, 2.24) is 4.90 Å². The number of aryl methyl sites for hydroxylation is 1. The molecule has 0 bridgehead atoms. The van der Waals surface area contributed by atoms with Crippen molar-refractivity contribution in [3.05, 3.63) is 29.6 Å². The van der Waals surface area contributed by atoms with Gasteiger partial charge in [-0.2, -0.15) is 0 Å². The average molecular weight is 224 g/mol. The quantitative estimate of drug-likeness (QED) is 0.848. The molecule has 1 N–H and O–H groups in total. The van der Waals surface area contributed by atoms with E-state index >= 15 is 0 Å². The zero-order valence-corrected chi connectivity index (χ0v) is 9.88. The van der Waals surface area contributed by atoms with Crippen LogP contribution >= 0.6 is 0 Å². The van der Waals surface area contributed by atoms with Gasteiger partial charge in [0.1, 0.15) is 5.82 Å². The summed E-state index contributed by atoms with van der Waals surface area (Å²) < 4.78 is 13.2. The molecule has 0 atom stereocenters. The minimum atomic E-state index is -0.263. The summed E-state index contributed by atoms with van der Waals surface area (Å²) in [5, 5.41) is 2.90. The van der Waals surface area contributed by atoms with Gasteiger partial charge in [-0.1, -0.05) is 6.07 Å². The smallest absolute Gasteiger partial charge is 0.241 e. The van der Waals surface area contributed by atoms with Gasteiger partial charge in [0.2, 0.25) is 5.91 Å². The number of amides is 1. The van der Waals surface area contributed by atoms with E-state index < -0.39 is 0 Å². The number of anilines is 1. The topological polar surface area (TPSA) is 32.3 Å². The summed E-state index contributed by atoms with van der Waals surface area (Å²) in [4.78, 5) is 13.1. The van der Waals surface area contributed by atoms with Crippen molar-refractivity contribution >= 4 is 11.6 Å². The molecular formula is C12H17FN2O. The molecule has 4 heteroatoms. The third-order valence-electron chi connectivity index (χ3n) is 2.52. The van der Waals surface area contributed by atoms with E-state index in [1.165, 1.54) is 6.07 Å². The molecule has 0 radical (unpaired) electrons. The van der Waals surface area contributed by atoms with Crippen molar-refractivity contribution in [1.29, 1.82) is 0 Å². The molecule has 16 heavy (non-hydrogen) atoms. The standard InChI is InChI=1S/C12H17FN2O/c1-4-15(3)12(16)8-14-10-6-5-9(2)11(13)7-10/h5-7,14H,4,8H2,1-3H3. The van der Waals surface area contributed by atoms with E-state index in [4.69, 9.17) is 0 Å². The summed E-state index contributed by atoms with van der Waals surface area (Å²) in [5.41, 5.74) is 1.23. The number of rotatable bonds is 4. The largest absolute Gasteiger partial charge is 0.376 e. The lowest BCUT2D eigenvalue weighted by Gasteiger charge is -2.15. The second-order valence-corrected chi connectivity index (χ2v) is 3.73. The molecule has 3 nitrogen and oxygen atoms in total. The highest BCUT2D eigenvalue weighted by Gasteiger charge is 2.06. The molecule has 0 aliphatic heterocycles.